The van der Waals surface area contributed by atoms with Gasteiger partial charge in [-0.3, -0.25) is 9.52 Å². The Kier molecular flexibility index (Phi) is 4.99. The molecule has 0 aliphatic heterocycles. The standard InChI is InChI=1S/C20H21BrN2O3S/c21-16-6-8-17(9-7-16)22-27(25,26)19-3-1-2-15(12-19)20(24)23(18-10-11-18)13-14-4-5-14/h1-3,6-9,12,14,18,22H,4-5,10-11,13H2. The summed E-state index contributed by atoms with van der Waals surface area (Å²) < 4.78 is 28.9. The van der Waals surface area contributed by atoms with Crippen LogP contribution in [0.2, 0.25) is 0 Å². The Hall–Kier alpha value is -1.86. The van der Waals surface area contributed by atoms with E-state index < -0.39 is 10.0 Å². The summed E-state index contributed by atoms with van der Waals surface area (Å²) in [5.41, 5.74) is 0.907. The molecule has 2 fully saturated rings. The van der Waals surface area contributed by atoms with Gasteiger partial charge in [0.05, 0.1) is 4.90 Å². The van der Waals surface area contributed by atoms with E-state index in [0.717, 1.165) is 23.9 Å². The van der Waals surface area contributed by atoms with Gasteiger partial charge in [-0.05, 0) is 74.1 Å². The number of carbonyl (C=O) groups excluding carboxylic acids is 1. The zero-order valence-corrected chi connectivity index (χ0v) is 17.2. The number of sulfonamides is 1. The van der Waals surface area contributed by atoms with E-state index in [9.17, 15) is 13.2 Å². The molecule has 0 bridgehead atoms. The maximum atomic E-state index is 13.0. The van der Waals surface area contributed by atoms with Crippen molar-refractivity contribution in [3.05, 3.63) is 58.6 Å². The average Bonchev–Trinajstić information content (AvgIpc) is 3.55. The molecule has 5 nitrogen and oxygen atoms in total. The van der Waals surface area contributed by atoms with Crippen LogP contribution >= 0.6 is 15.9 Å². The minimum Gasteiger partial charge on any atom is -0.335 e. The molecule has 2 aromatic rings. The molecule has 0 aromatic heterocycles. The van der Waals surface area contributed by atoms with Crippen molar-refractivity contribution in [2.45, 2.75) is 36.6 Å². The van der Waals surface area contributed by atoms with Gasteiger partial charge in [0.25, 0.3) is 15.9 Å². The summed E-state index contributed by atoms with van der Waals surface area (Å²) in [6.45, 7) is 0.789. The highest BCUT2D eigenvalue weighted by Crippen LogP contribution is 2.35. The van der Waals surface area contributed by atoms with E-state index >= 15 is 0 Å². The van der Waals surface area contributed by atoms with Crippen molar-refractivity contribution < 1.29 is 13.2 Å². The third-order valence-electron chi connectivity index (χ3n) is 4.89. The zero-order chi connectivity index (χ0) is 19.0. The van der Waals surface area contributed by atoms with Gasteiger partial charge in [-0.1, -0.05) is 22.0 Å². The first-order valence-corrected chi connectivity index (χ1v) is 11.4. The molecule has 2 saturated carbocycles. The summed E-state index contributed by atoms with van der Waals surface area (Å²) in [5, 5.41) is 0. The Bertz CT molecular complexity index is 951. The monoisotopic (exact) mass is 448 g/mol. The van der Waals surface area contributed by atoms with Gasteiger partial charge in [-0.25, -0.2) is 8.42 Å². The summed E-state index contributed by atoms with van der Waals surface area (Å²) in [6.07, 6.45) is 4.45. The van der Waals surface area contributed by atoms with Crippen molar-refractivity contribution >= 4 is 37.5 Å². The van der Waals surface area contributed by atoms with Crippen molar-refractivity contribution in [2.24, 2.45) is 5.92 Å². The topological polar surface area (TPSA) is 66.5 Å². The van der Waals surface area contributed by atoms with Crippen LogP contribution in [0.1, 0.15) is 36.0 Å². The molecule has 1 N–H and O–H groups in total. The highest BCUT2D eigenvalue weighted by Gasteiger charge is 2.37. The quantitative estimate of drug-likeness (QED) is 0.687. The molecular weight excluding hydrogens is 428 g/mol. The van der Waals surface area contributed by atoms with Gasteiger partial charge in [0.15, 0.2) is 0 Å². The van der Waals surface area contributed by atoms with E-state index in [1.165, 1.54) is 25.0 Å². The number of benzene rings is 2. The Morgan fingerprint density at radius 1 is 1.07 bits per heavy atom. The maximum Gasteiger partial charge on any atom is 0.261 e. The first-order valence-electron chi connectivity index (χ1n) is 9.12. The molecule has 0 atom stereocenters. The van der Waals surface area contributed by atoms with Crippen LogP contribution < -0.4 is 4.72 Å². The first-order chi connectivity index (χ1) is 12.9. The lowest BCUT2D eigenvalue weighted by molar-refractivity contribution is 0.0734. The average molecular weight is 449 g/mol. The summed E-state index contributed by atoms with van der Waals surface area (Å²) >= 11 is 3.33. The van der Waals surface area contributed by atoms with Gasteiger partial charge in [0, 0.05) is 28.3 Å². The summed E-state index contributed by atoms with van der Waals surface area (Å²) in [4.78, 5) is 15.0. The van der Waals surface area contributed by atoms with E-state index in [1.807, 2.05) is 4.90 Å². The largest absolute Gasteiger partial charge is 0.335 e. The first kappa shape index (κ1) is 18.5. The highest BCUT2D eigenvalue weighted by atomic mass is 79.9. The van der Waals surface area contributed by atoms with Gasteiger partial charge < -0.3 is 4.90 Å². The van der Waals surface area contributed by atoms with Crippen LogP contribution in [0.25, 0.3) is 0 Å². The Morgan fingerprint density at radius 3 is 2.41 bits per heavy atom. The van der Waals surface area contributed by atoms with E-state index in [4.69, 9.17) is 0 Å². The van der Waals surface area contributed by atoms with Gasteiger partial charge in [0.2, 0.25) is 0 Å². The van der Waals surface area contributed by atoms with Crippen molar-refractivity contribution in [3.8, 4) is 0 Å². The molecule has 2 aromatic carbocycles. The molecule has 1 amide bonds. The Morgan fingerprint density at radius 2 is 1.78 bits per heavy atom. The smallest absolute Gasteiger partial charge is 0.261 e. The number of nitrogens with zero attached hydrogens (tertiary/aromatic N) is 1. The molecule has 0 radical (unpaired) electrons. The number of hydrogen-bond donors (Lipinski definition) is 1. The van der Waals surface area contributed by atoms with Crippen LogP contribution in [-0.2, 0) is 10.0 Å². The molecule has 4 rings (SSSR count). The van der Waals surface area contributed by atoms with Gasteiger partial charge in [0.1, 0.15) is 0 Å². The number of rotatable bonds is 7. The molecule has 27 heavy (non-hydrogen) atoms. The molecule has 0 heterocycles. The van der Waals surface area contributed by atoms with E-state index in [2.05, 4.69) is 20.7 Å². The van der Waals surface area contributed by atoms with Crippen LogP contribution in [0.3, 0.4) is 0 Å². The fraction of sp³-hybridized carbons (Fsp3) is 0.350. The molecule has 2 aliphatic rings. The van der Waals surface area contributed by atoms with E-state index in [1.54, 1.807) is 36.4 Å². The molecule has 7 heteroatoms. The van der Waals surface area contributed by atoms with Crippen LogP contribution in [0.4, 0.5) is 5.69 Å². The number of hydrogen-bond acceptors (Lipinski definition) is 3. The molecule has 142 valence electrons. The summed E-state index contributed by atoms with van der Waals surface area (Å²) in [7, 11) is -3.76. The van der Waals surface area contributed by atoms with Crippen molar-refractivity contribution in [1.29, 1.82) is 0 Å². The maximum absolute atomic E-state index is 13.0. The number of carbonyl (C=O) groups is 1. The van der Waals surface area contributed by atoms with Crippen molar-refractivity contribution in [2.75, 3.05) is 11.3 Å². The lowest BCUT2D eigenvalue weighted by Crippen LogP contribution is -2.35. The fourth-order valence-electron chi connectivity index (χ4n) is 3.06. The number of halogens is 1. The molecule has 0 unspecified atom stereocenters. The highest BCUT2D eigenvalue weighted by molar-refractivity contribution is 9.10. The normalized spacial score (nSPS) is 16.8. The predicted octanol–water partition coefficient (Wildman–Crippen LogP) is 4.26. The lowest BCUT2D eigenvalue weighted by Gasteiger charge is -2.22. The van der Waals surface area contributed by atoms with E-state index in [-0.39, 0.29) is 10.8 Å². The lowest BCUT2D eigenvalue weighted by atomic mass is 10.2. The van der Waals surface area contributed by atoms with E-state index in [0.29, 0.717) is 23.2 Å². The second-order valence-electron chi connectivity index (χ2n) is 7.27. The van der Waals surface area contributed by atoms with Crippen LogP contribution in [0, 0.1) is 5.92 Å². The number of amides is 1. The van der Waals surface area contributed by atoms with Crippen LogP contribution in [0.5, 0.6) is 0 Å². The van der Waals surface area contributed by atoms with Gasteiger partial charge >= 0.3 is 0 Å². The third kappa shape index (κ3) is 4.52. The zero-order valence-electron chi connectivity index (χ0n) is 14.8. The molecular formula is C20H21BrN2O3S. The van der Waals surface area contributed by atoms with Gasteiger partial charge in [-0.2, -0.15) is 0 Å². The predicted molar refractivity (Wildman–Crippen MR) is 108 cm³/mol. The second kappa shape index (κ2) is 7.28. The van der Waals surface area contributed by atoms with Crippen molar-refractivity contribution in [3.63, 3.8) is 0 Å². The summed E-state index contributed by atoms with van der Waals surface area (Å²) in [6, 6.07) is 13.5. The minimum absolute atomic E-state index is 0.0647. The van der Waals surface area contributed by atoms with Gasteiger partial charge in [-0.15, -0.1) is 0 Å². The summed E-state index contributed by atoms with van der Waals surface area (Å²) in [5.74, 6) is 0.547. The van der Waals surface area contributed by atoms with Crippen LogP contribution in [-0.4, -0.2) is 31.8 Å². The van der Waals surface area contributed by atoms with Crippen LogP contribution in [0.15, 0.2) is 57.9 Å². The molecule has 2 aliphatic carbocycles. The Balaban J connectivity index is 1.55. The third-order valence-corrected chi connectivity index (χ3v) is 6.80. The second-order valence-corrected chi connectivity index (χ2v) is 9.87. The molecule has 0 saturated heterocycles. The number of anilines is 1. The SMILES string of the molecule is O=C(c1cccc(S(=O)(=O)Nc2ccc(Br)cc2)c1)N(CC1CC1)C1CC1. The fourth-order valence-corrected chi connectivity index (χ4v) is 4.43. The Labute approximate surface area is 167 Å². The molecule has 0 spiro atoms. The minimum atomic E-state index is -3.76. The number of nitrogens with one attached hydrogen (secondary N) is 1. The van der Waals surface area contributed by atoms with Crippen molar-refractivity contribution in [1.82, 2.24) is 4.90 Å².